The van der Waals surface area contributed by atoms with Gasteiger partial charge in [-0.05, 0) is 154 Å². The summed E-state index contributed by atoms with van der Waals surface area (Å²) in [5.74, 6) is -1.61. The summed E-state index contributed by atoms with van der Waals surface area (Å²) in [5, 5.41) is 20.7. The number of esters is 3. The number of carbonyl (C=O) groups excluding carboxylic acids is 3. The van der Waals surface area contributed by atoms with Crippen LogP contribution in [-0.4, -0.2) is 95.9 Å². The highest BCUT2D eigenvalue weighted by molar-refractivity contribution is 7.47. The van der Waals surface area contributed by atoms with Crippen molar-refractivity contribution >= 4 is 33.6 Å². The van der Waals surface area contributed by atoms with Crippen molar-refractivity contribution in [2.45, 2.75) is 347 Å². The molecule has 0 amide bonds. The van der Waals surface area contributed by atoms with Crippen molar-refractivity contribution in [1.82, 2.24) is 0 Å². The lowest BCUT2D eigenvalue weighted by Crippen LogP contribution is -2.30. The van der Waals surface area contributed by atoms with Gasteiger partial charge in [0.05, 0.1) is 26.4 Å². The molecule has 0 saturated carbocycles. The average Bonchev–Trinajstić information content (AvgIpc) is 0.902. The van der Waals surface area contributed by atoms with Crippen molar-refractivity contribution < 1.29 is 75.8 Å². The topological polar surface area (TPSA) is 231 Å². The summed E-state index contributed by atoms with van der Waals surface area (Å²) in [6.07, 6.45) is 105. The Balaban J connectivity index is 4.68. The van der Waals surface area contributed by atoms with Gasteiger partial charge in [0.1, 0.15) is 25.4 Å². The van der Waals surface area contributed by atoms with Crippen molar-refractivity contribution in [1.29, 1.82) is 0 Å². The Bertz CT molecular complexity index is 2660. The normalized spacial score (nSPS) is 14.7. The first-order valence-electron chi connectivity index (χ1n) is 42.4. The molecule has 0 aliphatic rings. The Labute approximate surface area is 662 Å². The van der Waals surface area contributed by atoms with Gasteiger partial charge < -0.3 is 34.2 Å². The molecule has 0 aromatic heterocycles. The third kappa shape index (κ3) is 83.7. The van der Waals surface area contributed by atoms with Crippen LogP contribution in [-0.2, 0) is 55.8 Å². The summed E-state index contributed by atoms with van der Waals surface area (Å²) >= 11 is 0. The number of allylic oxidation sites excluding steroid dienone is 28. The second-order valence-electron chi connectivity index (χ2n) is 27.9. The standard InChI is InChI=1S/C91H152O16P2/c1-4-7-10-13-16-19-22-25-28-31-34-37-39-41-42-44-46-48-50-53-56-59-62-65-68-71-74-77-89(94)101-80-86(92)81-103-108(97,98)104-82-87(93)83-105-109(99,100)106-85-88(107-91(96)79-76-73-70-67-64-61-58-55-52-47-36-33-30-27-24-21-18-15-12-9-6-3)84-102-90(95)78-75-72-69-66-63-60-57-54-51-49-45-43-40-38-35-32-29-26-23-20-17-14-11-8-5-2/h7,9-10,12,16-21,25-30,34-38,41-43,45,47,55,58,86-88,92-93H,4-6,8,11,13-15,22-24,31-33,39-40,44,46,48-54,56-57,59-85H2,1-3H3,(H,97,98)(H,99,100)/b10-7-,12-9-,19-16-,20-17-,21-18-,28-25-,29-26-,30-27-,37-34-,38-35-,42-41-,45-43-,47-36-,58-55-. The van der Waals surface area contributed by atoms with E-state index in [4.69, 9.17) is 32.3 Å². The minimum Gasteiger partial charge on any atom is -0.463 e. The van der Waals surface area contributed by atoms with Gasteiger partial charge in [0.25, 0.3) is 0 Å². The highest BCUT2D eigenvalue weighted by Crippen LogP contribution is 2.45. The van der Waals surface area contributed by atoms with Crippen LogP contribution in [0.3, 0.4) is 0 Å². The van der Waals surface area contributed by atoms with Crippen LogP contribution in [0.4, 0.5) is 0 Å². The van der Waals surface area contributed by atoms with E-state index in [9.17, 15) is 43.5 Å². The highest BCUT2D eigenvalue weighted by Gasteiger charge is 2.29. The van der Waals surface area contributed by atoms with E-state index in [1.54, 1.807) is 0 Å². The second-order valence-corrected chi connectivity index (χ2v) is 30.8. The molecule has 0 aliphatic carbocycles. The van der Waals surface area contributed by atoms with Gasteiger partial charge in [0.2, 0.25) is 0 Å². The monoisotopic (exact) mass is 1560 g/mol. The number of phosphoric acid groups is 2. The molecule has 0 radical (unpaired) electrons. The van der Waals surface area contributed by atoms with E-state index in [-0.39, 0.29) is 19.3 Å². The molecule has 622 valence electrons. The maximum absolute atomic E-state index is 13.0. The van der Waals surface area contributed by atoms with Gasteiger partial charge in [-0.2, -0.15) is 0 Å². The Hall–Kier alpha value is -5.09. The summed E-state index contributed by atoms with van der Waals surface area (Å²) in [5.41, 5.74) is 0. The van der Waals surface area contributed by atoms with E-state index in [2.05, 4.69) is 191 Å². The van der Waals surface area contributed by atoms with E-state index >= 15 is 0 Å². The number of carbonyl (C=O) groups is 3. The fourth-order valence-corrected chi connectivity index (χ4v) is 12.6. The molecule has 0 aliphatic heterocycles. The maximum atomic E-state index is 13.0. The molecule has 0 fully saturated rings. The molecule has 18 heteroatoms. The predicted octanol–water partition coefficient (Wildman–Crippen LogP) is 25.5. The molecule has 5 atom stereocenters. The SMILES string of the molecule is CC/C=C\C/C=C\C/C=C\C/C=C\C/C=C\CCCCCCCCCCCCCC(=O)OCC(O)COP(=O)(O)OCC(O)COP(=O)(O)OCC(COC(=O)CCCCCCCCCCC/C=C\C/C=C\C/C=C\C/C=C\CCCCC)OC(=O)CCCCCCC/C=C\C/C=C\C/C=C\C/C=C\C/C=C\CC. The van der Waals surface area contributed by atoms with Gasteiger partial charge in [0.15, 0.2) is 6.10 Å². The summed E-state index contributed by atoms with van der Waals surface area (Å²) in [4.78, 5) is 58.9. The van der Waals surface area contributed by atoms with Gasteiger partial charge in [-0.3, -0.25) is 32.5 Å². The Morgan fingerprint density at radius 1 is 0.266 bits per heavy atom. The average molecular weight is 1560 g/mol. The summed E-state index contributed by atoms with van der Waals surface area (Å²) in [6, 6.07) is 0. The molecule has 5 unspecified atom stereocenters. The van der Waals surface area contributed by atoms with Crippen LogP contribution >= 0.6 is 15.6 Å². The predicted molar refractivity (Wildman–Crippen MR) is 454 cm³/mol. The lowest BCUT2D eigenvalue weighted by Gasteiger charge is -2.21. The van der Waals surface area contributed by atoms with Crippen molar-refractivity contribution in [2.24, 2.45) is 0 Å². The Morgan fingerprint density at radius 3 is 0.771 bits per heavy atom. The van der Waals surface area contributed by atoms with Crippen LogP contribution in [0, 0.1) is 0 Å². The van der Waals surface area contributed by atoms with Crippen LogP contribution in [0.15, 0.2) is 170 Å². The van der Waals surface area contributed by atoms with E-state index < -0.39 is 91.5 Å². The van der Waals surface area contributed by atoms with Crippen LogP contribution in [0.25, 0.3) is 0 Å². The lowest BCUT2D eigenvalue weighted by molar-refractivity contribution is -0.161. The number of ether oxygens (including phenoxy) is 3. The van der Waals surface area contributed by atoms with Gasteiger partial charge in [-0.1, -0.05) is 326 Å². The summed E-state index contributed by atoms with van der Waals surface area (Å²) in [6.45, 7) is 2.41. The molecule has 109 heavy (non-hydrogen) atoms. The molecule has 0 saturated heterocycles. The van der Waals surface area contributed by atoms with Gasteiger partial charge >= 0.3 is 33.6 Å². The fraction of sp³-hybridized carbons (Fsp3) is 0.659. The zero-order valence-corrected chi connectivity index (χ0v) is 70.0. The summed E-state index contributed by atoms with van der Waals surface area (Å²) in [7, 11) is -9.82. The fourth-order valence-electron chi connectivity index (χ4n) is 11.0. The third-order valence-electron chi connectivity index (χ3n) is 17.4. The van der Waals surface area contributed by atoms with Crippen molar-refractivity contribution in [3.8, 4) is 0 Å². The lowest BCUT2D eigenvalue weighted by atomic mass is 10.0. The zero-order chi connectivity index (χ0) is 79.4. The Morgan fingerprint density at radius 2 is 0.486 bits per heavy atom. The minimum atomic E-state index is -4.95. The number of phosphoric ester groups is 2. The van der Waals surface area contributed by atoms with Gasteiger partial charge in [-0.15, -0.1) is 0 Å². The quantitative estimate of drug-likeness (QED) is 0.0146. The number of aliphatic hydroxyl groups excluding tert-OH is 2. The molecular weight excluding hydrogens is 1410 g/mol. The van der Waals surface area contributed by atoms with E-state index in [1.807, 2.05) is 0 Å². The molecule has 0 heterocycles. The number of aliphatic hydroxyl groups is 2. The van der Waals surface area contributed by atoms with Crippen LogP contribution in [0.5, 0.6) is 0 Å². The number of hydrogen-bond donors (Lipinski definition) is 4. The van der Waals surface area contributed by atoms with E-state index in [1.165, 1.54) is 96.3 Å². The molecule has 0 spiro atoms. The third-order valence-corrected chi connectivity index (χ3v) is 19.3. The number of rotatable bonds is 79. The first-order chi connectivity index (χ1) is 53.2. The van der Waals surface area contributed by atoms with Crippen molar-refractivity contribution in [2.75, 3.05) is 39.6 Å². The van der Waals surface area contributed by atoms with Crippen LogP contribution in [0.1, 0.15) is 329 Å². The molecule has 0 aromatic carbocycles. The maximum Gasteiger partial charge on any atom is 0.472 e. The number of hydrogen-bond acceptors (Lipinski definition) is 14. The van der Waals surface area contributed by atoms with E-state index in [0.29, 0.717) is 19.3 Å². The molecule has 0 aromatic rings. The largest absolute Gasteiger partial charge is 0.472 e. The minimum absolute atomic E-state index is 0.0755. The smallest absolute Gasteiger partial charge is 0.463 e. The van der Waals surface area contributed by atoms with E-state index in [0.717, 1.165) is 173 Å². The van der Waals surface area contributed by atoms with Crippen molar-refractivity contribution in [3.05, 3.63) is 170 Å². The first-order valence-corrected chi connectivity index (χ1v) is 45.4. The zero-order valence-electron chi connectivity index (χ0n) is 68.2. The Kier molecular flexibility index (Phi) is 78.5. The molecule has 0 bridgehead atoms. The molecule has 0 rings (SSSR count). The first kappa shape index (κ1) is 104. The second kappa shape index (κ2) is 82.4. The molecule has 4 N–H and O–H groups in total. The van der Waals surface area contributed by atoms with Gasteiger partial charge in [0, 0.05) is 19.3 Å². The van der Waals surface area contributed by atoms with Crippen LogP contribution in [0.2, 0.25) is 0 Å². The highest BCUT2D eigenvalue weighted by atomic mass is 31.2. The number of unbranched alkanes of at least 4 members (excludes halogenated alkanes) is 28. The summed E-state index contributed by atoms with van der Waals surface area (Å²) < 4.78 is 61.3. The van der Waals surface area contributed by atoms with Gasteiger partial charge in [-0.25, -0.2) is 9.13 Å². The van der Waals surface area contributed by atoms with Crippen molar-refractivity contribution in [3.63, 3.8) is 0 Å². The van der Waals surface area contributed by atoms with Crippen LogP contribution < -0.4 is 0 Å². The molecule has 16 nitrogen and oxygen atoms in total. The molecular formula is C91H152O16P2.